The van der Waals surface area contributed by atoms with Gasteiger partial charge >= 0.3 is 0 Å². The molecule has 0 amide bonds. The second kappa shape index (κ2) is 8.59. The second-order valence-corrected chi connectivity index (χ2v) is 7.63. The first-order valence-electron chi connectivity index (χ1n) is 8.95. The van der Waals surface area contributed by atoms with Gasteiger partial charge in [-0.3, -0.25) is 9.69 Å². The van der Waals surface area contributed by atoms with Crippen molar-refractivity contribution in [1.29, 1.82) is 0 Å². The molecule has 1 saturated carbocycles. The highest BCUT2D eigenvalue weighted by Gasteiger charge is 2.40. The van der Waals surface area contributed by atoms with Gasteiger partial charge in [-0.05, 0) is 37.0 Å². The van der Waals surface area contributed by atoms with Crippen LogP contribution in [0, 0.1) is 11.7 Å². The fourth-order valence-corrected chi connectivity index (χ4v) is 3.83. The third-order valence-electron chi connectivity index (χ3n) is 5.10. The van der Waals surface area contributed by atoms with Gasteiger partial charge < -0.3 is 4.52 Å². The van der Waals surface area contributed by atoms with E-state index in [4.69, 9.17) is 4.52 Å². The summed E-state index contributed by atoms with van der Waals surface area (Å²) >= 11 is 4.67. The van der Waals surface area contributed by atoms with E-state index in [1.807, 2.05) is 6.08 Å². The van der Waals surface area contributed by atoms with E-state index >= 15 is 0 Å². The molecule has 144 valence electrons. The van der Waals surface area contributed by atoms with Crippen LogP contribution < -0.4 is 0 Å². The minimum absolute atomic E-state index is 0. The van der Waals surface area contributed by atoms with Gasteiger partial charge in [0.1, 0.15) is 5.82 Å². The van der Waals surface area contributed by atoms with E-state index < -0.39 is 6.04 Å². The Morgan fingerprint density at radius 3 is 2.74 bits per heavy atom. The van der Waals surface area contributed by atoms with Gasteiger partial charge in [-0.1, -0.05) is 23.4 Å². The molecule has 7 heteroatoms. The zero-order valence-corrected chi connectivity index (χ0v) is 16.5. The highest BCUT2D eigenvalue weighted by Crippen LogP contribution is 2.39. The molecule has 1 aromatic carbocycles. The molecule has 0 radical (unpaired) electrons. The molecule has 2 fully saturated rings. The number of hydrogen-bond donors (Lipinski definition) is 1. The van der Waals surface area contributed by atoms with E-state index in [-0.39, 0.29) is 35.2 Å². The van der Waals surface area contributed by atoms with Crippen molar-refractivity contribution in [2.24, 2.45) is 5.92 Å². The van der Waals surface area contributed by atoms with Crippen LogP contribution in [0.3, 0.4) is 0 Å². The highest BCUT2D eigenvalue weighted by molar-refractivity contribution is 7.81. The minimum Gasteiger partial charge on any atom is -0.357 e. The van der Waals surface area contributed by atoms with E-state index in [0.717, 1.165) is 24.8 Å². The molecule has 0 N–H and O–H groups in total. The molecule has 2 aromatic rings. The standard InChI is InChI=1S/C20H21FN2O2S.ClH/c21-17-4-2-1-3-16(17)19(20(24)13-5-6-13)23-10-8-18(26)14(12-23)11-15-7-9-22-25-15;/h1-4,7,9,11,13,18-19,26H,5-6,8,10,12H2;1H/b14-11-;. The van der Waals surface area contributed by atoms with Gasteiger partial charge in [-0.2, -0.15) is 12.6 Å². The molecule has 4 rings (SSSR count). The Labute approximate surface area is 169 Å². The molecule has 2 atom stereocenters. The quantitative estimate of drug-likeness (QED) is 0.747. The largest absolute Gasteiger partial charge is 0.357 e. The first-order chi connectivity index (χ1) is 12.6. The Morgan fingerprint density at radius 2 is 2.07 bits per heavy atom. The first kappa shape index (κ1) is 20.1. The third-order valence-corrected chi connectivity index (χ3v) is 5.69. The molecule has 4 nitrogen and oxygen atoms in total. The van der Waals surface area contributed by atoms with Crippen LogP contribution in [0.15, 0.2) is 46.6 Å². The highest BCUT2D eigenvalue weighted by atomic mass is 35.5. The van der Waals surface area contributed by atoms with Crippen molar-refractivity contribution in [3.63, 3.8) is 0 Å². The van der Waals surface area contributed by atoms with Crippen LogP contribution in [0.5, 0.6) is 0 Å². The van der Waals surface area contributed by atoms with Gasteiger partial charge in [0, 0.05) is 35.9 Å². The van der Waals surface area contributed by atoms with Gasteiger partial charge in [0.15, 0.2) is 11.5 Å². The number of carbonyl (C=O) groups excluding carboxylic acids is 1. The molecule has 1 aliphatic carbocycles. The molecule has 27 heavy (non-hydrogen) atoms. The molecule has 1 saturated heterocycles. The lowest BCUT2D eigenvalue weighted by molar-refractivity contribution is -0.126. The SMILES string of the molecule is Cl.O=C(C1CC1)C(c1ccccc1F)N1CCC(S)/C(=C\c2ccno2)C1. The number of aromatic nitrogens is 1. The summed E-state index contributed by atoms with van der Waals surface area (Å²) in [7, 11) is 0. The first-order valence-corrected chi connectivity index (χ1v) is 9.46. The average molecular weight is 409 g/mol. The van der Waals surface area contributed by atoms with Crippen LogP contribution in [0.2, 0.25) is 0 Å². The number of Topliss-reactive ketones (excluding diaryl/α,β-unsaturated/α-hetero) is 1. The van der Waals surface area contributed by atoms with Crippen molar-refractivity contribution < 1.29 is 13.7 Å². The van der Waals surface area contributed by atoms with Crippen LogP contribution >= 0.6 is 25.0 Å². The fraction of sp³-hybridized carbons (Fsp3) is 0.400. The second-order valence-electron chi connectivity index (χ2n) is 7.01. The smallest absolute Gasteiger partial charge is 0.159 e. The molecule has 2 unspecified atom stereocenters. The van der Waals surface area contributed by atoms with Gasteiger partial charge in [0.2, 0.25) is 0 Å². The van der Waals surface area contributed by atoms with Gasteiger partial charge in [0.25, 0.3) is 0 Å². The summed E-state index contributed by atoms with van der Waals surface area (Å²) in [4.78, 5) is 15.1. The zero-order valence-electron chi connectivity index (χ0n) is 14.8. The number of thiol groups is 1. The predicted octanol–water partition coefficient (Wildman–Crippen LogP) is 4.34. The lowest BCUT2D eigenvalue weighted by Crippen LogP contribution is -2.42. The Balaban J connectivity index is 0.00000210. The normalized spacial score (nSPS) is 23.0. The number of benzene rings is 1. The van der Waals surface area contributed by atoms with Crippen molar-refractivity contribution in [2.45, 2.75) is 30.6 Å². The molecular formula is C20H22ClFN2O2S. The molecular weight excluding hydrogens is 387 g/mol. The van der Waals surface area contributed by atoms with E-state index in [1.165, 1.54) is 6.07 Å². The summed E-state index contributed by atoms with van der Waals surface area (Å²) in [6.07, 6.45) is 6.14. The number of nitrogens with zero attached hydrogens (tertiary/aromatic N) is 2. The Bertz CT molecular complexity index is 823. The maximum absolute atomic E-state index is 14.5. The number of likely N-dealkylation sites (tertiary alicyclic amines) is 1. The summed E-state index contributed by atoms with van der Waals surface area (Å²) in [5, 5.41) is 3.82. The van der Waals surface area contributed by atoms with Crippen molar-refractivity contribution in [1.82, 2.24) is 10.1 Å². The van der Waals surface area contributed by atoms with Gasteiger partial charge in [0.05, 0.1) is 12.2 Å². The molecule has 0 spiro atoms. The van der Waals surface area contributed by atoms with E-state index in [0.29, 0.717) is 24.4 Å². The summed E-state index contributed by atoms with van der Waals surface area (Å²) in [5.74, 6) is 0.541. The molecule has 2 heterocycles. The molecule has 1 aliphatic heterocycles. The Hall–Kier alpha value is -1.63. The predicted molar refractivity (Wildman–Crippen MR) is 108 cm³/mol. The lowest BCUT2D eigenvalue weighted by Gasteiger charge is -2.37. The van der Waals surface area contributed by atoms with Crippen molar-refractivity contribution >= 4 is 36.9 Å². The van der Waals surface area contributed by atoms with Crippen molar-refractivity contribution in [3.8, 4) is 0 Å². The number of hydrogen-bond acceptors (Lipinski definition) is 5. The number of piperidine rings is 1. The number of ketones is 1. The van der Waals surface area contributed by atoms with Crippen LogP contribution in [-0.4, -0.2) is 34.2 Å². The average Bonchev–Trinajstić information content (AvgIpc) is 3.37. The van der Waals surface area contributed by atoms with E-state index in [2.05, 4.69) is 22.7 Å². The number of halogens is 2. The number of rotatable bonds is 5. The summed E-state index contributed by atoms with van der Waals surface area (Å²) in [6, 6.07) is 7.86. The summed E-state index contributed by atoms with van der Waals surface area (Å²) in [5.41, 5.74) is 1.53. The van der Waals surface area contributed by atoms with Gasteiger partial charge in [-0.25, -0.2) is 4.39 Å². The summed E-state index contributed by atoms with van der Waals surface area (Å²) in [6.45, 7) is 1.27. The monoisotopic (exact) mass is 408 g/mol. The van der Waals surface area contributed by atoms with Crippen LogP contribution in [0.1, 0.15) is 36.6 Å². The van der Waals surface area contributed by atoms with Gasteiger partial charge in [-0.15, -0.1) is 12.4 Å². The molecule has 2 aliphatic rings. The van der Waals surface area contributed by atoms with Crippen LogP contribution in [-0.2, 0) is 4.79 Å². The Kier molecular flexibility index (Phi) is 6.40. The number of carbonyl (C=O) groups is 1. The van der Waals surface area contributed by atoms with Crippen molar-refractivity contribution in [3.05, 3.63) is 59.2 Å². The topological polar surface area (TPSA) is 46.3 Å². The Morgan fingerprint density at radius 1 is 1.30 bits per heavy atom. The lowest BCUT2D eigenvalue weighted by atomic mass is 9.93. The van der Waals surface area contributed by atoms with Crippen LogP contribution in [0.25, 0.3) is 6.08 Å². The minimum atomic E-state index is -0.539. The van der Waals surface area contributed by atoms with E-state index in [9.17, 15) is 9.18 Å². The molecule has 0 bridgehead atoms. The van der Waals surface area contributed by atoms with E-state index in [1.54, 1.807) is 30.5 Å². The van der Waals surface area contributed by atoms with Crippen LogP contribution in [0.4, 0.5) is 4.39 Å². The molecule has 1 aromatic heterocycles. The zero-order chi connectivity index (χ0) is 18.1. The summed E-state index contributed by atoms with van der Waals surface area (Å²) < 4.78 is 19.7. The maximum Gasteiger partial charge on any atom is 0.159 e. The maximum atomic E-state index is 14.5. The van der Waals surface area contributed by atoms with Crippen molar-refractivity contribution in [2.75, 3.05) is 13.1 Å². The third kappa shape index (κ3) is 4.45. The fourth-order valence-electron chi connectivity index (χ4n) is 3.56.